The highest BCUT2D eigenvalue weighted by Gasteiger charge is 2.26. The molecule has 2 aromatic heterocycles. The van der Waals surface area contributed by atoms with Gasteiger partial charge in [-0.15, -0.1) is 0 Å². The number of fused-ring (bicyclic) bond motifs is 1. The Morgan fingerprint density at radius 3 is 2.71 bits per heavy atom. The predicted octanol–water partition coefficient (Wildman–Crippen LogP) is 2.78. The van der Waals surface area contributed by atoms with Crippen molar-refractivity contribution in [2.45, 2.75) is 46.0 Å². The minimum Gasteiger partial charge on any atom is -0.481 e. The highest BCUT2D eigenvalue weighted by molar-refractivity contribution is 5.70. The lowest BCUT2D eigenvalue weighted by Crippen LogP contribution is -2.23. The van der Waals surface area contributed by atoms with Crippen molar-refractivity contribution in [3.05, 3.63) is 29.2 Å². The zero-order valence-corrected chi connectivity index (χ0v) is 12.5. The summed E-state index contributed by atoms with van der Waals surface area (Å²) in [6.07, 6.45) is 6.44. The quantitative estimate of drug-likeness (QED) is 0.942. The largest absolute Gasteiger partial charge is 0.481 e. The predicted molar refractivity (Wildman–Crippen MR) is 79.2 cm³/mol. The Kier molecular flexibility index (Phi) is 3.66. The molecule has 0 unspecified atom stereocenters. The fraction of sp³-hybridized carbons (Fsp3) is 0.562. The number of carbonyl (C=O) groups is 1. The molecule has 0 bridgehead atoms. The number of nitrogens with zero attached hydrogens (tertiary/aromatic N) is 3. The minimum absolute atomic E-state index is 0.144. The van der Waals surface area contributed by atoms with Crippen molar-refractivity contribution in [3.8, 4) is 0 Å². The molecule has 2 heterocycles. The van der Waals surface area contributed by atoms with Crippen LogP contribution in [0.25, 0.3) is 5.65 Å². The third-order valence-corrected chi connectivity index (χ3v) is 4.54. The SMILES string of the molecule is Cc1cn2nc(C[C@H]3CC[C@H](C(=O)O)CC3)c(C)cc2n1. The number of carboxylic acids is 1. The second-order valence-corrected chi connectivity index (χ2v) is 6.22. The maximum atomic E-state index is 11.0. The number of rotatable bonds is 3. The molecule has 3 rings (SSSR count). The van der Waals surface area contributed by atoms with Crippen LogP contribution in [-0.2, 0) is 11.2 Å². The van der Waals surface area contributed by atoms with E-state index in [4.69, 9.17) is 5.11 Å². The van der Waals surface area contributed by atoms with Crippen molar-refractivity contribution in [1.82, 2.24) is 14.6 Å². The van der Waals surface area contributed by atoms with Crippen LogP contribution in [0.15, 0.2) is 12.3 Å². The molecular formula is C16H21N3O2. The Morgan fingerprint density at radius 1 is 1.33 bits per heavy atom. The average molecular weight is 287 g/mol. The lowest BCUT2D eigenvalue weighted by Gasteiger charge is -2.26. The van der Waals surface area contributed by atoms with Gasteiger partial charge in [0.1, 0.15) is 0 Å². The normalized spacial score (nSPS) is 22.6. The molecule has 21 heavy (non-hydrogen) atoms. The highest BCUT2D eigenvalue weighted by Crippen LogP contribution is 2.31. The van der Waals surface area contributed by atoms with E-state index in [2.05, 4.69) is 23.1 Å². The maximum Gasteiger partial charge on any atom is 0.306 e. The van der Waals surface area contributed by atoms with Gasteiger partial charge in [-0.2, -0.15) is 5.10 Å². The smallest absolute Gasteiger partial charge is 0.306 e. The maximum absolute atomic E-state index is 11.0. The highest BCUT2D eigenvalue weighted by atomic mass is 16.4. The van der Waals surface area contributed by atoms with Crippen molar-refractivity contribution in [1.29, 1.82) is 0 Å². The first-order valence-corrected chi connectivity index (χ1v) is 7.58. The Balaban J connectivity index is 1.73. The van der Waals surface area contributed by atoms with Crippen molar-refractivity contribution >= 4 is 11.6 Å². The zero-order valence-electron chi connectivity index (χ0n) is 12.5. The molecule has 1 aliphatic carbocycles. The Morgan fingerprint density at radius 2 is 2.05 bits per heavy atom. The summed E-state index contributed by atoms with van der Waals surface area (Å²) in [6.45, 7) is 4.05. The number of aliphatic carboxylic acids is 1. The lowest BCUT2D eigenvalue weighted by atomic mass is 9.80. The first kappa shape index (κ1) is 14.0. The Labute approximate surface area is 124 Å². The molecule has 5 nitrogen and oxygen atoms in total. The fourth-order valence-electron chi connectivity index (χ4n) is 3.26. The first-order valence-electron chi connectivity index (χ1n) is 7.58. The van der Waals surface area contributed by atoms with Gasteiger partial charge in [-0.3, -0.25) is 4.79 Å². The molecule has 0 amide bonds. The second-order valence-electron chi connectivity index (χ2n) is 6.22. The topological polar surface area (TPSA) is 67.5 Å². The van der Waals surface area contributed by atoms with Crippen LogP contribution in [0.2, 0.25) is 0 Å². The van der Waals surface area contributed by atoms with Crippen molar-refractivity contribution in [2.24, 2.45) is 11.8 Å². The van der Waals surface area contributed by atoms with E-state index < -0.39 is 5.97 Å². The van der Waals surface area contributed by atoms with Crippen LogP contribution in [0.4, 0.5) is 0 Å². The Hall–Kier alpha value is -1.91. The Bertz CT molecular complexity index is 669. The van der Waals surface area contributed by atoms with Crippen LogP contribution in [-0.4, -0.2) is 25.7 Å². The molecule has 112 valence electrons. The van der Waals surface area contributed by atoms with Crippen LogP contribution in [0.1, 0.15) is 42.6 Å². The summed E-state index contributed by atoms with van der Waals surface area (Å²) >= 11 is 0. The van der Waals surface area contributed by atoms with E-state index in [1.807, 2.05) is 17.6 Å². The lowest BCUT2D eigenvalue weighted by molar-refractivity contribution is -0.143. The zero-order chi connectivity index (χ0) is 15.0. The molecule has 1 aliphatic rings. The number of hydrogen-bond acceptors (Lipinski definition) is 3. The van der Waals surface area contributed by atoms with Gasteiger partial charge in [-0.25, -0.2) is 9.50 Å². The van der Waals surface area contributed by atoms with Gasteiger partial charge >= 0.3 is 5.97 Å². The summed E-state index contributed by atoms with van der Waals surface area (Å²) in [6, 6.07) is 2.08. The second kappa shape index (κ2) is 5.47. The summed E-state index contributed by atoms with van der Waals surface area (Å²) in [7, 11) is 0. The third kappa shape index (κ3) is 2.91. The van der Waals surface area contributed by atoms with Gasteiger partial charge in [0.2, 0.25) is 0 Å². The third-order valence-electron chi connectivity index (χ3n) is 4.54. The van der Waals surface area contributed by atoms with Gasteiger partial charge in [0.15, 0.2) is 5.65 Å². The molecule has 1 saturated carbocycles. The van der Waals surface area contributed by atoms with E-state index in [9.17, 15) is 4.79 Å². The van der Waals surface area contributed by atoms with E-state index in [1.54, 1.807) is 0 Å². The summed E-state index contributed by atoms with van der Waals surface area (Å²) in [5, 5.41) is 13.7. The molecule has 1 N–H and O–H groups in total. The average Bonchev–Trinajstić information content (AvgIpc) is 2.79. The molecule has 0 spiro atoms. The summed E-state index contributed by atoms with van der Waals surface area (Å²) in [4.78, 5) is 15.4. The van der Waals surface area contributed by atoms with Crippen LogP contribution in [0.5, 0.6) is 0 Å². The summed E-state index contributed by atoms with van der Waals surface area (Å²) < 4.78 is 1.85. The monoisotopic (exact) mass is 287 g/mol. The molecule has 2 aromatic rings. The van der Waals surface area contributed by atoms with Gasteiger partial charge in [0.05, 0.1) is 23.5 Å². The van der Waals surface area contributed by atoms with Gasteiger partial charge in [-0.1, -0.05) is 0 Å². The van der Waals surface area contributed by atoms with Gasteiger partial charge in [0, 0.05) is 0 Å². The number of imidazole rings is 1. The molecular weight excluding hydrogens is 266 g/mol. The number of carboxylic acid groups (broad SMARTS) is 1. The van der Waals surface area contributed by atoms with E-state index >= 15 is 0 Å². The molecule has 0 aromatic carbocycles. The molecule has 0 atom stereocenters. The number of hydrogen-bond donors (Lipinski definition) is 1. The molecule has 0 saturated heterocycles. The molecule has 0 aliphatic heterocycles. The van der Waals surface area contributed by atoms with E-state index in [1.165, 1.54) is 5.56 Å². The summed E-state index contributed by atoms with van der Waals surface area (Å²) in [5.74, 6) is -0.235. The van der Waals surface area contributed by atoms with E-state index in [-0.39, 0.29) is 5.92 Å². The van der Waals surface area contributed by atoms with Crippen LogP contribution >= 0.6 is 0 Å². The van der Waals surface area contributed by atoms with Crippen LogP contribution in [0, 0.1) is 25.7 Å². The molecule has 1 fully saturated rings. The van der Waals surface area contributed by atoms with Crippen molar-refractivity contribution in [2.75, 3.05) is 0 Å². The van der Waals surface area contributed by atoms with Gasteiger partial charge in [-0.05, 0) is 63.5 Å². The summed E-state index contributed by atoms with van der Waals surface area (Å²) in [5.41, 5.74) is 4.15. The van der Waals surface area contributed by atoms with E-state index in [0.717, 1.165) is 49.1 Å². The number of aromatic nitrogens is 3. The van der Waals surface area contributed by atoms with Crippen LogP contribution < -0.4 is 0 Å². The standard InChI is InChI=1S/C16H21N3O2/c1-10-7-15-17-11(2)9-19(15)18-14(10)8-12-3-5-13(6-4-12)16(20)21/h7,9,12-13H,3-6,8H2,1-2H3,(H,20,21)/t12-,13-. The first-order chi connectivity index (χ1) is 10.0. The van der Waals surface area contributed by atoms with Crippen LogP contribution in [0.3, 0.4) is 0 Å². The molecule has 0 radical (unpaired) electrons. The fourth-order valence-corrected chi connectivity index (χ4v) is 3.26. The van der Waals surface area contributed by atoms with E-state index in [0.29, 0.717) is 5.92 Å². The van der Waals surface area contributed by atoms with Crippen molar-refractivity contribution < 1.29 is 9.90 Å². The van der Waals surface area contributed by atoms with Gasteiger partial charge < -0.3 is 5.11 Å². The minimum atomic E-state index is -0.641. The van der Waals surface area contributed by atoms with Crippen molar-refractivity contribution in [3.63, 3.8) is 0 Å². The number of aryl methyl sites for hydroxylation is 2. The van der Waals surface area contributed by atoms with Gasteiger partial charge in [0.25, 0.3) is 0 Å². The molecule has 5 heteroatoms.